The van der Waals surface area contributed by atoms with Crippen molar-refractivity contribution in [1.82, 2.24) is 4.98 Å². The van der Waals surface area contributed by atoms with Crippen molar-refractivity contribution in [3.05, 3.63) is 33.3 Å². The molecule has 0 spiro atoms. The first-order valence-electron chi connectivity index (χ1n) is 5.76. The van der Waals surface area contributed by atoms with E-state index in [0.29, 0.717) is 33.0 Å². The Hall–Kier alpha value is -1.56. The number of nitrogens with one attached hydrogen (secondary N) is 1. The normalized spacial score (nSPS) is 10.3. The molecule has 0 aliphatic rings. The van der Waals surface area contributed by atoms with Gasteiger partial charge in [-0.15, -0.1) is 0 Å². The molecular formula is C13H12Cl3N3O2. The molecule has 3 N–H and O–H groups in total. The molecule has 0 unspecified atom stereocenters. The van der Waals surface area contributed by atoms with Crippen molar-refractivity contribution in [2.24, 2.45) is 0 Å². The summed E-state index contributed by atoms with van der Waals surface area (Å²) in [7, 11) is 3.04. The van der Waals surface area contributed by atoms with E-state index in [1.807, 2.05) is 0 Å². The van der Waals surface area contributed by atoms with E-state index in [-0.39, 0.29) is 10.8 Å². The number of aromatic nitrogens is 1. The molecule has 0 atom stereocenters. The van der Waals surface area contributed by atoms with Crippen LogP contribution in [0.4, 0.5) is 17.3 Å². The highest BCUT2D eigenvalue weighted by atomic mass is 35.5. The first kappa shape index (κ1) is 15.8. The average molecular weight is 349 g/mol. The maximum absolute atomic E-state index is 6.09. The first-order chi connectivity index (χ1) is 9.96. The van der Waals surface area contributed by atoms with Crippen molar-refractivity contribution < 1.29 is 9.47 Å². The molecular weight excluding hydrogens is 337 g/mol. The van der Waals surface area contributed by atoms with E-state index >= 15 is 0 Å². The summed E-state index contributed by atoms with van der Waals surface area (Å²) >= 11 is 18.0. The lowest BCUT2D eigenvalue weighted by Gasteiger charge is -2.14. The van der Waals surface area contributed by atoms with Gasteiger partial charge in [0, 0.05) is 12.1 Å². The van der Waals surface area contributed by atoms with E-state index < -0.39 is 0 Å². The molecule has 8 heteroatoms. The summed E-state index contributed by atoms with van der Waals surface area (Å²) in [6.07, 6.45) is 0. The fourth-order valence-electron chi connectivity index (χ4n) is 1.65. The highest BCUT2D eigenvalue weighted by Gasteiger charge is 2.13. The van der Waals surface area contributed by atoms with Crippen LogP contribution < -0.4 is 20.5 Å². The summed E-state index contributed by atoms with van der Waals surface area (Å²) < 4.78 is 10.4. The van der Waals surface area contributed by atoms with E-state index in [1.165, 1.54) is 20.3 Å². The summed E-state index contributed by atoms with van der Waals surface area (Å²) in [6, 6.07) is 4.80. The third kappa shape index (κ3) is 3.37. The number of pyridine rings is 1. The minimum Gasteiger partial charge on any atom is -0.495 e. The number of rotatable bonds is 4. The van der Waals surface area contributed by atoms with Crippen LogP contribution in [-0.2, 0) is 0 Å². The fourth-order valence-corrected chi connectivity index (χ4v) is 2.29. The van der Waals surface area contributed by atoms with Gasteiger partial charge >= 0.3 is 0 Å². The first-order valence-corrected chi connectivity index (χ1v) is 6.89. The topological polar surface area (TPSA) is 69.4 Å². The van der Waals surface area contributed by atoms with E-state index in [2.05, 4.69) is 10.3 Å². The molecule has 1 heterocycles. The van der Waals surface area contributed by atoms with Gasteiger partial charge < -0.3 is 20.5 Å². The SMILES string of the molecule is COc1cc(Nc2nc(N)c(Cl)cc2Cl)c(OC)cc1Cl. The summed E-state index contributed by atoms with van der Waals surface area (Å²) in [6.45, 7) is 0. The number of methoxy groups -OCH3 is 2. The van der Waals surface area contributed by atoms with Crippen LogP contribution in [0.1, 0.15) is 0 Å². The third-order valence-electron chi connectivity index (χ3n) is 2.68. The molecule has 2 aromatic rings. The van der Waals surface area contributed by atoms with Gasteiger partial charge in [-0.3, -0.25) is 0 Å². The minimum atomic E-state index is 0.170. The molecule has 0 fully saturated rings. The van der Waals surface area contributed by atoms with Crippen LogP contribution >= 0.6 is 34.8 Å². The highest BCUT2D eigenvalue weighted by Crippen LogP contribution is 2.38. The van der Waals surface area contributed by atoms with Gasteiger partial charge in [0.15, 0.2) is 5.82 Å². The Balaban J connectivity index is 2.45. The van der Waals surface area contributed by atoms with Crippen molar-refractivity contribution in [3.8, 4) is 11.5 Å². The van der Waals surface area contributed by atoms with Crippen molar-refractivity contribution in [2.45, 2.75) is 0 Å². The predicted molar refractivity (Wildman–Crippen MR) is 86.5 cm³/mol. The summed E-state index contributed by atoms with van der Waals surface area (Å²) in [5, 5.41) is 4.05. The number of nitrogens with two attached hydrogens (primary N) is 1. The number of nitrogen functional groups attached to an aromatic ring is 1. The van der Waals surface area contributed by atoms with Gasteiger partial charge in [-0.25, -0.2) is 4.98 Å². The molecule has 0 aliphatic heterocycles. The second-order valence-corrected chi connectivity index (χ2v) is 5.22. The van der Waals surface area contributed by atoms with E-state index in [0.717, 1.165) is 0 Å². The van der Waals surface area contributed by atoms with E-state index in [4.69, 9.17) is 50.0 Å². The van der Waals surface area contributed by atoms with Crippen LogP contribution in [0.2, 0.25) is 15.1 Å². The number of ether oxygens (including phenoxy) is 2. The zero-order valence-corrected chi connectivity index (χ0v) is 13.5. The lowest BCUT2D eigenvalue weighted by Crippen LogP contribution is -2.01. The number of benzene rings is 1. The number of hydrogen-bond donors (Lipinski definition) is 2. The highest BCUT2D eigenvalue weighted by molar-refractivity contribution is 6.37. The van der Waals surface area contributed by atoms with Gasteiger partial charge in [-0.2, -0.15) is 0 Å². The van der Waals surface area contributed by atoms with Gasteiger partial charge in [0.2, 0.25) is 0 Å². The molecule has 2 rings (SSSR count). The van der Waals surface area contributed by atoms with Crippen molar-refractivity contribution in [3.63, 3.8) is 0 Å². The van der Waals surface area contributed by atoms with Gasteiger partial charge in [0.1, 0.15) is 17.3 Å². The zero-order chi connectivity index (χ0) is 15.6. The van der Waals surface area contributed by atoms with Crippen LogP contribution in [-0.4, -0.2) is 19.2 Å². The molecule has 0 aliphatic carbocycles. The molecule has 1 aromatic heterocycles. The molecule has 0 bridgehead atoms. The molecule has 5 nitrogen and oxygen atoms in total. The van der Waals surface area contributed by atoms with Crippen LogP contribution in [0, 0.1) is 0 Å². The van der Waals surface area contributed by atoms with Crippen LogP contribution in [0.25, 0.3) is 0 Å². The molecule has 0 radical (unpaired) electrons. The summed E-state index contributed by atoms with van der Waals surface area (Å²) in [5.41, 5.74) is 6.25. The molecule has 0 amide bonds. The van der Waals surface area contributed by atoms with Gasteiger partial charge in [0.05, 0.1) is 35.0 Å². The molecule has 21 heavy (non-hydrogen) atoms. The predicted octanol–water partition coefficient (Wildman–Crippen LogP) is 4.38. The van der Waals surface area contributed by atoms with Gasteiger partial charge in [-0.05, 0) is 6.07 Å². The second kappa shape index (κ2) is 6.47. The number of halogens is 3. The average Bonchev–Trinajstić information content (AvgIpc) is 2.45. The van der Waals surface area contributed by atoms with E-state index in [9.17, 15) is 0 Å². The lowest BCUT2D eigenvalue weighted by atomic mass is 10.2. The largest absolute Gasteiger partial charge is 0.495 e. The summed E-state index contributed by atoms with van der Waals surface area (Å²) in [4.78, 5) is 4.09. The minimum absolute atomic E-state index is 0.170. The zero-order valence-electron chi connectivity index (χ0n) is 11.2. The Morgan fingerprint density at radius 2 is 1.62 bits per heavy atom. The number of nitrogens with zero attached hydrogens (tertiary/aromatic N) is 1. The van der Waals surface area contributed by atoms with Crippen molar-refractivity contribution in [1.29, 1.82) is 0 Å². The molecule has 112 valence electrons. The van der Waals surface area contributed by atoms with Gasteiger partial charge in [-0.1, -0.05) is 34.8 Å². The standard InChI is InChI=1S/C13H12Cl3N3O2/c1-20-10-5-9(11(21-2)4-6(10)14)18-13-8(16)3-7(15)12(17)19-13/h3-5H,1-2H3,(H3,17,18,19). The number of anilines is 3. The lowest BCUT2D eigenvalue weighted by molar-refractivity contribution is 0.405. The maximum Gasteiger partial charge on any atom is 0.151 e. The van der Waals surface area contributed by atoms with Crippen LogP contribution in [0.15, 0.2) is 18.2 Å². The monoisotopic (exact) mass is 347 g/mol. The van der Waals surface area contributed by atoms with Crippen molar-refractivity contribution in [2.75, 3.05) is 25.3 Å². The smallest absolute Gasteiger partial charge is 0.151 e. The quantitative estimate of drug-likeness (QED) is 0.858. The molecule has 0 saturated carbocycles. The van der Waals surface area contributed by atoms with Gasteiger partial charge in [0.25, 0.3) is 0 Å². The van der Waals surface area contributed by atoms with E-state index in [1.54, 1.807) is 12.1 Å². The Kier molecular flexibility index (Phi) is 4.88. The third-order valence-corrected chi connectivity index (χ3v) is 3.57. The van der Waals surface area contributed by atoms with Crippen LogP contribution in [0.3, 0.4) is 0 Å². The van der Waals surface area contributed by atoms with Crippen molar-refractivity contribution >= 4 is 52.1 Å². The Morgan fingerprint density at radius 1 is 0.952 bits per heavy atom. The Morgan fingerprint density at radius 3 is 2.24 bits per heavy atom. The number of hydrogen-bond acceptors (Lipinski definition) is 5. The Bertz CT molecular complexity index is 680. The fraction of sp³-hybridized carbons (Fsp3) is 0.154. The molecule has 1 aromatic carbocycles. The molecule has 0 saturated heterocycles. The Labute approximate surface area is 136 Å². The van der Waals surface area contributed by atoms with Crippen LogP contribution in [0.5, 0.6) is 11.5 Å². The maximum atomic E-state index is 6.09. The summed E-state index contributed by atoms with van der Waals surface area (Å²) in [5.74, 6) is 1.51. The second-order valence-electron chi connectivity index (χ2n) is 4.00.